The van der Waals surface area contributed by atoms with Crippen LogP contribution in [0.2, 0.25) is 0 Å². The lowest BCUT2D eigenvalue weighted by Gasteiger charge is -2.05. The Morgan fingerprint density at radius 2 is 2.25 bits per heavy atom. The van der Waals surface area contributed by atoms with Gasteiger partial charge in [-0.1, -0.05) is 10.4 Å². The minimum absolute atomic E-state index is 0.120. The average molecular weight is 340 g/mol. The van der Waals surface area contributed by atoms with Crippen LogP contribution in [0.5, 0.6) is 0 Å². The van der Waals surface area contributed by atoms with Crippen LogP contribution in [0.25, 0.3) is 0 Å². The van der Waals surface area contributed by atoms with E-state index >= 15 is 0 Å². The highest BCUT2D eigenvalue weighted by molar-refractivity contribution is 9.10. The zero-order valence-electron chi connectivity index (χ0n) is 11.0. The van der Waals surface area contributed by atoms with E-state index < -0.39 is 0 Å². The second-order valence-corrected chi connectivity index (χ2v) is 5.59. The Hall–Kier alpha value is -1.77. The van der Waals surface area contributed by atoms with Crippen molar-refractivity contribution in [2.75, 3.05) is 0 Å². The molecule has 106 valence electrons. The summed E-state index contributed by atoms with van der Waals surface area (Å²) in [5.41, 5.74) is 1.80. The van der Waals surface area contributed by atoms with Crippen molar-refractivity contribution in [3.63, 3.8) is 0 Å². The summed E-state index contributed by atoms with van der Waals surface area (Å²) < 4.78 is 3.82. The molecule has 20 heavy (non-hydrogen) atoms. The molecule has 0 aromatic carbocycles. The fourth-order valence-corrected chi connectivity index (χ4v) is 2.35. The Balaban J connectivity index is 1.54. The Labute approximate surface area is 123 Å². The lowest BCUT2D eigenvalue weighted by molar-refractivity contribution is -0.122. The first-order valence-electron chi connectivity index (χ1n) is 6.34. The van der Waals surface area contributed by atoms with Gasteiger partial charge in [0.25, 0.3) is 0 Å². The van der Waals surface area contributed by atoms with Crippen LogP contribution in [-0.4, -0.2) is 35.9 Å². The number of amides is 1. The average Bonchev–Trinajstić information content (AvgIpc) is 3.09. The molecular formula is C11H14BrN7O. The minimum atomic E-state index is -0.120. The van der Waals surface area contributed by atoms with Crippen molar-refractivity contribution >= 4 is 21.8 Å². The topological polar surface area (TPSA) is 90.5 Å². The Morgan fingerprint density at radius 3 is 2.90 bits per heavy atom. The van der Waals surface area contributed by atoms with Gasteiger partial charge in [0.2, 0.25) is 5.91 Å². The van der Waals surface area contributed by atoms with Gasteiger partial charge in [-0.05, 0) is 28.8 Å². The number of nitrogens with zero attached hydrogens (tertiary/aromatic N) is 6. The lowest BCUT2D eigenvalue weighted by Crippen LogP contribution is -2.28. The van der Waals surface area contributed by atoms with Crippen LogP contribution in [0.1, 0.15) is 30.1 Å². The van der Waals surface area contributed by atoms with Crippen molar-refractivity contribution in [2.45, 2.75) is 31.8 Å². The fraction of sp³-hybridized carbons (Fsp3) is 0.545. The highest BCUT2D eigenvalue weighted by Crippen LogP contribution is 2.38. The molecule has 2 aromatic rings. The van der Waals surface area contributed by atoms with E-state index in [1.807, 2.05) is 6.20 Å². The maximum Gasteiger partial charge on any atom is 0.242 e. The Bertz CT molecular complexity index is 611. The van der Waals surface area contributed by atoms with Crippen LogP contribution >= 0.6 is 15.9 Å². The molecule has 8 nitrogen and oxygen atoms in total. The molecule has 1 aliphatic rings. The van der Waals surface area contributed by atoms with Crippen molar-refractivity contribution in [2.24, 2.45) is 7.05 Å². The van der Waals surface area contributed by atoms with E-state index in [0.717, 1.165) is 11.4 Å². The molecule has 0 aliphatic heterocycles. The van der Waals surface area contributed by atoms with Gasteiger partial charge in [-0.25, -0.2) is 9.36 Å². The first-order valence-corrected chi connectivity index (χ1v) is 7.13. The van der Waals surface area contributed by atoms with E-state index in [-0.39, 0.29) is 12.5 Å². The standard InChI is InChI=1S/C11H14BrN7O/c1-18-9(11(12)15-16-18)4-13-10(20)6-19-5-8(14-17-19)7-2-3-7/h5,7H,2-4,6H2,1H3,(H,13,20). The largest absolute Gasteiger partial charge is 0.349 e. The van der Waals surface area contributed by atoms with Gasteiger partial charge in [-0.3, -0.25) is 4.79 Å². The van der Waals surface area contributed by atoms with Crippen LogP contribution in [0.4, 0.5) is 0 Å². The van der Waals surface area contributed by atoms with Crippen molar-refractivity contribution in [1.82, 2.24) is 35.3 Å². The number of aryl methyl sites for hydroxylation is 1. The summed E-state index contributed by atoms with van der Waals surface area (Å²) in [7, 11) is 1.78. The number of carbonyl (C=O) groups is 1. The van der Waals surface area contributed by atoms with E-state index in [9.17, 15) is 4.79 Å². The maximum absolute atomic E-state index is 11.9. The molecule has 1 fully saturated rings. The minimum Gasteiger partial charge on any atom is -0.349 e. The van der Waals surface area contributed by atoms with E-state index in [2.05, 4.69) is 41.9 Å². The molecule has 0 spiro atoms. The zero-order valence-corrected chi connectivity index (χ0v) is 12.5. The van der Waals surface area contributed by atoms with E-state index in [4.69, 9.17) is 0 Å². The monoisotopic (exact) mass is 339 g/mol. The second kappa shape index (κ2) is 5.31. The number of hydrogen-bond donors (Lipinski definition) is 1. The number of carbonyl (C=O) groups excluding carboxylic acids is 1. The van der Waals surface area contributed by atoms with Gasteiger partial charge in [0.15, 0.2) is 4.60 Å². The molecule has 1 aliphatic carbocycles. The van der Waals surface area contributed by atoms with Crippen molar-refractivity contribution in [3.8, 4) is 0 Å². The number of aromatic nitrogens is 6. The second-order valence-electron chi connectivity index (χ2n) is 4.84. The van der Waals surface area contributed by atoms with Crippen molar-refractivity contribution < 1.29 is 4.79 Å². The molecule has 1 amide bonds. The van der Waals surface area contributed by atoms with Crippen LogP contribution in [0.15, 0.2) is 10.8 Å². The Morgan fingerprint density at radius 1 is 1.45 bits per heavy atom. The van der Waals surface area contributed by atoms with Crippen molar-refractivity contribution in [3.05, 3.63) is 22.2 Å². The van der Waals surface area contributed by atoms with Gasteiger partial charge in [0, 0.05) is 19.2 Å². The van der Waals surface area contributed by atoms with E-state index in [1.165, 1.54) is 12.8 Å². The molecule has 2 aromatic heterocycles. The summed E-state index contributed by atoms with van der Waals surface area (Å²) in [6.07, 6.45) is 4.19. The van der Waals surface area contributed by atoms with Gasteiger partial charge in [-0.2, -0.15) is 0 Å². The van der Waals surface area contributed by atoms with E-state index in [0.29, 0.717) is 17.1 Å². The molecule has 0 bridgehead atoms. The molecule has 1 saturated carbocycles. The maximum atomic E-state index is 11.9. The Kier molecular flexibility index (Phi) is 3.51. The third kappa shape index (κ3) is 2.87. The van der Waals surface area contributed by atoms with Crippen LogP contribution in [-0.2, 0) is 24.9 Å². The van der Waals surface area contributed by atoms with Gasteiger partial charge in [-0.15, -0.1) is 10.2 Å². The van der Waals surface area contributed by atoms with Crippen LogP contribution in [0.3, 0.4) is 0 Å². The number of hydrogen-bond acceptors (Lipinski definition) is 5. The predicted molar refractivity (Wildman–Crippen MR) is 72.5 cm³/mol. The van der Waals surface area contributed by atoms with Gasteiger partial charge in [0.05, 0.1) is 17.9 Å². The lowest BCUT2D eigenvalue weighted by atomic mass is 10.3. The van der Waals surface area contributed by atoms with Crippen LogP contribution < -0.4 is 5.32 Å². The summed E-state index contributed by atoms with van der Waals surface area (Å²) in [4.78, 5) is 11.9. The van der Waals surface area contributed by atoms with Crippen molar-refractivity contribution in [1.29, 1.82) is 0 Å². The molecule has 0 unspecified atom stereocenters. The number of halogens is 1. The highest BCUT2D eigenvalue weighted by Gasteiger charge is 2.26. The molecule has 0 atom stereocenters. The highest BCUT2D eigenvalue weighted by atomic mass is 79.9. The molecule has 2 heterocycles. The molecule has 0 saturated heterocycles. The van der Waals surface area contributed by atoms with Gasteiger partial charge < -0.3 is 5.32 Å². The summed E-state index contributed by atoms with van der Waals surface area (Å²) in [5.74, 6) is 0.425. The number of nitrogens with one attached hydrogen (secondary N) is 1. The SMILES string of the molecule is Cn1nnc(Br)c1CNC(=O)Cn1cc(C2CC2)nn1. The molecule has 0 radical (unpaired) electrons. The number of rotatable bonds is 5. The van der Waals surface area contributed by atoms with E-state index in [1.54, 1.807) is 16.4 Å². The molecule has 3 rings (SSSR count). The third-order valence-electron chi connectivity index (χ3n) is 3.21. The fourth-order valence-electron chi connectivity index (χ4n) is 1.88. The summed E-state index contributed by atoms with van der Waals surface area (Å²) in [6.45, 7) is 0.537. The summed E-state index contributed by atoms with van der Waals surface area (Å²) in [6, 6.07) is 0. The molecule has 9 heteroatoms. The normalized spacial score (nSPS) is 14.5. The summed E-state index contributed by atoms with van der Waals surface area (Å²) >= 11 is 3.29. The zero-order chi connectivity index (χ0) is 14.1. The van der Waals surface area contributed by atoms with Gasteiger partial charge in [0.1, 0.15) is 6.54 Å². The predicted octanol–water partition coefficient (Wildman–Crippen LogP) is 0.363. The smallest absolute Gasteiger partial charge is 0.242 e. The molecular weight excluding hydrogens is 326 g/mol. The first-order chi connectivity index (χ1) is 9.63. The quantitative estimate of drug-likeness (QED) is 0.849. The first kappa shape index (κ1) is 13.2. The third-order valence-corrected chi connectivity index (χ3v) is 3.82. The molecule has 1 N–H and O–H groups in total. The summed E-state index contributed by atoms with van der Waals surface area (Å²) in [5, 5.41) is 18.6. The van der Waals surface area contributed by atoms with Crippen LogP contribution in [0, 0.1) is 0 Å². The van der Waals surface area contributed by atoms with Gasteiger partial charge >= 0.3 is 0 Å².